The van der Waals surface area contributed by atoms with Crippen LogP contribution in [0.5, 0.6) is 0 Å². The maximum absolute atomic E-state index is 12.5. The van der Waals surface area contributed by atoms with E-state index in [2.05, 4.69) is 37.0 Å². The van der Waals surface area contributed by atoms with Gasteiger partial charge < -0.3 is 20.7 Å². The first kappa shape index (κ1) is 24.3. The molecule has 9 nitrogen and oxygen atoms in total. The molecule has 3 N–H and O–H groups in total. The van der Waals surface area contributed by atoms with Crippen LogP contribution in [0.1, 0.15) is 64.1 Å². The summed E-state index contributed by atoms with van der Waals surface area (Å²) in [5.41, 5.74) is 0.986. The highest BCUT2D eigenvalue weighted by molar-refractivity contribution is 5.68. The fourth-order valence-electron chi connectivity index (χ4n) is 6.72. The van der Waals surface area contributed by atoms with E-state index in [1.54, 1.807) is 12.4 Å². The van der Waals surface area contributed by atoms with Gasteiger partial charge >= 0.3 is 6.09 Å². The van der Waals surface area contributed by atoms with Crippen molar-refractivity contribution in [3.63, 3.8) is 0 Å². The summed E-state index contributed by atoms with van der Waals surface area (Å²) in [4.78, 5) is 25.7. The third kappa shape index (κ3) is 5.38. The maximum atomic E-state index is 12.5. The molecule has 1 amide bonds. The summed E-state index contributed by atoms with van der Waals surface area (Å²) in [6.07, 6.45) is 8.64. The Hall–Kier alpha value is -3.41. The number of pyridine rings is 1. The van der Waals surface area contributed by atoms with Gasteiger partial charge in [0.05, 0.1) is 18.4 Å². The number of carbonyl (C=O) groups is 1. The zero-order valence-corrected chi connectivity index (χ0v) is 21.3. The average Bonchev–Trinajstić information content (AvgIpc) is 2.83. The summed E-state index contributed by atoms with van der Waals surface area (Å²) < 4.78 is 5.54. The first-order valence-corrected chi connectivity index (χ1v) is 12.9. The second-order valence-electron chi connectivity index (χ2n) is 11.7. The van der Waals surface area contributed by atoms with Crippen molar-refractivity contribution in [3.05, 3.63) is 41.9 Å². The minimum Gasteiger partial charge on any atom is -0.444 e. The molecule has 9 heteroatoms. The number of amides is 1. The predicted molar refractivity (Wildman–Crippen MR) is 136 cm³/mol. The zero-order chi connectivity index (χ0) is 25.3. The molecule has 190 valence electrons. The Bertz CT molecular complexity index is 1130. The van der Waals surface area contributed by atoms with Gasteiger partial charge in [-0.15, -0.1) is 0 Å². The monoisotopic (exact) mass is 489 g/mol. The number of anilines is 2. The second-order valence-corrected chi connectivity index (χ2v) is 11.7. The van der Waals surface area contributed by atoms with Gasteiger partial charge in [0.1, 0.15) is 23.1 Å². The topological polar surface area (TPSA) is 125 Å². The third-order valence-corrected chi connectivity index (χ3v) is 7.78. The Morgan fingerprint density at radius 2 is 1.94 bits per heavy atom. The fraction of sp³-hybridized carbons (Fsp3) is 0.593. The van der Waals surface area contributed by atoms with Crippen molar-refractivity contribution >= 4 is 17.9 Å². The van der Waals surface area contributed by atoms with Gasteiger partial charge in [0, 0.05) is 18.8 Å². The average molecular weight is 490 g/mol. The van der Waals surface area contributed by atoms with Crippen LogP contribution in [0.25, 0.3) is 0 Å². The largest absolute Gasteiger partial charge is 0.444 e. The first-order valence-electron chi connectivity index (χ1n) is 12.9. The predicted octanol–water partition coefficient (Wildman–Crippen LogP) is 4.49. The lowest BCUT2D eigenvalue weighted by atomic mass is 9.48. The summed E-state index contributed by atoms with van der Waals surface area (Å²) in [5.74, 6) is 2.64. The molecule has 4 aliphatic rings. The van der Waals surface area contributed by atoms with Crippen molar-refractivity contribution in [2.45, 2.75) is 71.1 Å². The van der Waals surface area contributed by atoms with Gasteiger partial charge in [-0.25, -0.2) is 9.78 Å². The van der Waals surface area contributed by atoms with Crippen LogP contribution in [0.15, 0.2) is 30.6 Å². The molecule has 0 spiro atoms. The van der Waals surface area contributed by atoms with Crippen LogP contribution in [0.3, 0.4) is 0 Å². The van der Waals surface area contributed by atoms with Crippen LogP contribution in [0.4, 0.5) is 16.6 Å². The van der Waals surface area contributed by atoms with Crippen molar-refractivity contribution in [3.8, 4) is 6.07 Å². The molecule has 2 aromatic heterocycles. The Labute approximate surface area is 212 Å². The van der Waals surface area contributed by atoms with Crippen LogP contribution in [0, 0.1) is 34.5 Å². The molecule has 0 aliphatic heterocycles. The van der Waals surface area contributed by atoms with E-state index in [1.165, 1.54) is 6.42 Å². The van der Waals surface area contributed by atoms with E-state index in [-0.39, 0.29) is 17.6 Å². The van der Waals surface area contributed by atoms with Gasteiger partial charge in [0.15, 0.2) is 0 Å². The molecule has 36 heavy (non-hydrogen) atoms. The molecule has 4 bridgehead atoms. The molecule has 6 rings (SSSR count). The summed E-state index contributed by atoms with van der Waals surface area (Å²) in [6.45, 7) is 6.96. The zero-order valence-electron chi connectivity index (χ0n) is 21.3. The third-order valence-electron chi connectivity index (χ3n) is 7.78. The van der Waals surface area contributed by atoms with E-state index in [9.17, 15) is 10.1 Å². The molecular formula is C27H35N7O2. The quantitative estimate of drug-likeness (QED) is 0.520. The summed E-state index contributed by atoms with van der Waals surface area (Å²) >= 11 is 0. The van der Waals surface area contributed by atoms with Gasteiger partial charge in [0.25, 0.3) is 0 Å². The van der Waals surface area contributed by atoms with E-state index < -0.39 is 5.60 Å². The van der Waals surface area contributed by atoms with E-state index in [0.717, 1.165) is 37.9 Å². The van der Waals surface area contributed by atoms with Gasteiger partial charge in [-0.3, -0.25) is 4.98 Å². The molecule has 2 aromatic rings. The van der Waals surface area contributed by atoms with Crippen LogP contribution < -0.4 is 16.0 Å². The SMILES string of the molecule is CC(C)(C)OC(=O)N[C@@H]1[C@@H]2CC3C[C@H]1C[C@@](CNc1nc(NCc4ccccn4)ncc1C#N)(C3)C2. The number of rotatable bonds is 7. The molecule has 4 fully saturated rings. The fourth-order valence-corrected chi connectivity index (χ4v) is 6.72. The second kappa shape index (κ2) is 9.57. The normalized spacial score (nSPS) is 28.3. The molecule has 4 aliphatic carbocycles. The number of nitriles is 1. The molecule has 1 unspecified atom stereocenters. The highest BCUT2D eigenvalue weighted by atomic mass is 16.6. The number of carbonyl (C=O) groups excluding carboxylic acids is 1. The highest BCUT2D eigenvalue weighted by Crippen LogP contribution is 2.60. The summed E-state index contributed by atoms with van der Waals surface area (Å²) in [6, 6.07) is 8.15. The Morgan fingerprint density at radius 3 is 2.61 bits per heavy atom. The smallest absolute Gasteiger partial charge is 0.407 e. The Kier molecular flexibility index (Phi) is 6.45. The Balaban J connectivity index is 1.24. The highest BCUT2D eigenvalue weighted by Gasteiger charge is 2.55. The number of hydrogen-bond donors (Lipinski definition) is 3. The maximum Gasteiger partial charge on any atom is 0.407 e. The number of alkyl carbamates (subject to hydrolysis) is 1. The molecule has 0 saturated heterocycles. The number of nitrogens with zero attached hydrogens (tertiary/aromatic N) is 4. The number of hydrogen-bond acceptors (Lipinski definition) is 8. The van der Waals surface area contributed by atoms with Crippen LogP contribution in [-0.2, 0) is 11.3 Å². The lowest BCUT2D eigenvalue weighted by Crippen LogP contribution is -2.60. The number of ether oxygens (including phenoxy) is 1. The van der Waals surface area contributed by atoms with E-state index in [1.807, 2.05) is 39.0 Å². The van der Waals surface area contributed by atoms with Crippen molar-refractivity contribution in [1.29, 1.82) is 5.26 Å². The molecular weight excluding hydrogens is 454 g/mol. The molecule has 5 atom stereocenters. The Morgan fingerprint density at radius 1 is 1.17 bits per heavy atom. The van der Waals surface area contributed by atoms with Crippen LogP contribution >= 0.6 is 0 Å². The molecule has 0 aromatic carbocycles. The number of aromatic nitrogens is 3. The molecule has 4 saturated carbocycles. The first-order chi connectivity index (χ1) is 17.2. The van der Waals surface area contributed by atoms with E-state index in [0.29, 0.717) is 41.6 Å². The van der Waals surface area contributed by atoms with Gasteiger partial charge in [-0.05, 0) is 88.2 Å². The van der Waals surface area contributed by atoms with Crippen LogP contribution in [-0.4, -0.2) is 39.2 Å². The van der Waals surface area contributed by atoms with Gasteiger partial charge in [-0.1, -0.05) is 6.07 Å². The van der Waals surface area contributed by atoms with Gasteiger partial charge in [0.2, 0.25) is 5.95 Å². The molecule has 0 radical (unpaired) electrons. The minimum absolute atomic E-state index is 0.155. The van der Waals surface area contributed by atoms with E-state index >= 15 is 0 Å². The number of nitrogens with one attached hydrogen (secondary N) is 3. The van der Waals surface area contributed by atoms with Crippen molar-refractivity contribution in [1.82, 2.24) is 20.3 Å². The standard InChI is InChI=1S/C27H35N7O2/c1-26(2,3)36-25(35)33-22-18-8-17-9-19(22)12-27(10-17,11-18)16-32-23-20(13-28)14-30-24(34-23)31-15-21-6-4-5-7-29-21/h4-7,14,17-19,22H,8-12,15-16H2,1-3H3,(H,33,35)(H2,30,31,32,34)/t17?,18-,19+,22-,27-. The van der Waals surface area contributed by atoms with Crippen molar-refractivity contribution in [2.75, 3.05) is 17.2 Å². The van der Waals surface area contributed by atoms with Crippen molar-refractivity contribution in [2.24, 2.45) is 23.2 Å². The summed E-state index contributed by atoms with van der Waals surface area (Å²) in [5, 5.41) is 19.5. The van der Waals surface area contributed by atoms with Crippen LogP contribution in [0.2, 0.25) is 0 Å². The molecule has 2 heterocycles. The van der Waals surface area contributed by atoms with E-state index in [4.69, 9.17) is 4.74 Å². The van der Waals surface area contributed by atoms with Crippen molar-refractivity contribution < 1.29 is 9.53 Å². The van der Waals surface area contributed by atoms with Gasteiger partial charge in [-0.2, -0.15) is 10.2 Å². The minimum atomic E-state index is -0.498. The summed E-state index contributed by atoms with van der Waals surface area (Å²) in [7, 11) is 0. The lowest BCUT2D eigenvalue weighted by Gasteiger charge is -2.60. The lowest BCUT2D eigenvalue weighted by molar-refractivity contribution is -0.0703.